The minimum Gasteiger partial charge on any atom is -0.369 e. The van der Waals surface area contributed by atoms with Crippen LogP contribution in [0.1, 0.15) is 32.3 Å². The van der Waals surface area contributed by atoms with Gasteiger partial charge in [0.2, 0.25) is 5.91 Å². The van der Waals surface area contributed by atoms with Crippen LogP contribution < -0.4 is 11.3 Å². The highest BCUT2D eigenvalue weighted by atomic mass is 32.2. The number of aromatic nitrogens is 2. The lowest BCUT2D eigenvalue weighted by Crippen LogP contribution is -2.27. The van der Waals surface area contributed by atoms with Gasteiger partial charge in [0.25, 0.3) is 5.56 Å². The number of amides is 1. The quantitative estimate of drug-likeness (QED) is 0.553. The number of primary amides is 1. The third kappa shape index (κ3) is 3.37. The van der Waals surface area contributed by atoms with Crippen LogP contribution >= 0.6 is 11.8 Å². The molecule has 2 N–H and O–H groups in total. The molecule has 1 aromatic heterocycles. The minimum absolute atomic E-state index is 0.150. The second-order valence-corrected chi connectivity index (χ2v) is 7.74. The molecule has 0 unspecified atom stereocenters. The smallest absolute Gasteiger partial charge is 0.266 e. The van der Waals surface area contributed by atoms with Gasteiger partial charge in [-0.3, -0.25) is 14.2 Å². The average molecular weight is 367 g/mol. The molecule has 1 amide bonds. The zero-order valence-electron chi connectivity index (χ0n) is 15.0. The number of thioether (sulfide) groups is 1. The molecule has 26 heavy (non-hydrogen) atoms. The van der Waals surface area contributed by atoms with E-state index in [4.69, 9.17) is 5.73 Å². The monoisotopic (exact) mass is 367 g/mol. The molecular formula is C20H21N3O2S. The molecule has 0 aliphatic heterocycles. The lowest BCUT2D eigenvalue weighted by molar-refractivity contribution is -0.117. The molecule has 3 rings (SSSR count). The summed E-state index contributed by atoms with van der Waals surface area (Å²) in [5, 5.41) is 0.510. The van der Waals surface area contributed by atoms with E-state index in [9.17, 15) is 9.59 Å². The van der Waals surface area contributed by atoms with Crippen LogP contribution in [0, 0.1) is 0 Å². The van der Waals surface area contributed by atoms with Crippen LogP contribution in [0.3, 0.4) is 0 Å². The SMILES string of the molecule is CC(C)c1ccccc1-n1c(S[C@H](C)C(N)=O)nc2ccccc2c1=O. The first-order valence-electron chi connectivity index (χ1n) is 8.47. The van der Waals surface area contributed by atoms with Crippen molar-refractivity contribution in [3.05, 3.63) is 64.4 Å². The van der Waals surface area contributed by atoms with E-state index in [-0.39, 0.29) is 11.5 Å². The number of nitrogens with two attached hydrogens (primary N) is 1. The van der Waals surface area contributed by atoms with Crippen LogP contribution in [-0.2, 0) is 4.79 Å². The number of benzene rings is 2. The Labute approximate surface area is 156 Å². The van der Waals surface area contributed by atoms with Crippen LogP contribution in [-0.4, -0.2) is 20.7 Å². The predicted molar refractivity (Wildman–Crippen MR) is 106 cm³/mol. The van der Waals surface area contributed by atoms with E-state index in [1.807, 2.05) is 36.4 Å². The average Bonchev–Trinajstić information content (AvgIpc) is 2.62. The number of nitrogens with zero attached hydrogens (tertiary/aromatic N) is 2. The molecule has 0 fully saturated rings. The van der Waals surface area contributed by atoms with E-state index in [0.717, 1.165) is 11.3 Å². The molecule has 0 aliphatic carbocycles. The van der Waals surface area contributed by atoms with E-state index < -0.39 is 11.2 Å². The van der Waals surface area contributed by atoms with Crippen LogP contribution in [0.5, 0.6) is 0 Å². The lowest BCUT2D eigenvalue weighted by Gasteiger charge is -2.19. The van der Waals surface area contributed by atoms with Crippen molar-refractivity contribution in [1.29, 1.82) is 0 Å². The molecule has 0 spiro atoms. The lowest BCUT2D eigenvalue weighted by atomic mass is 10.0. The number of carbonyl (C=O) groups is 1. The highest BCUT2D eigenvalue weighted by Crippen LogP contribution is 2.28. The Morgan fingerprint density at radius 3 is 2.42 bits per heavy atom. The molecule has 0 saturated heterocycles. The summed E-state index contributed by atoms with van der Waals surface area (Å²) >= 11 is 1.20. The molecule has 0 bridgehead atoms. The molecule has 0 saturated carbocycles. The maximum atomic E-state index is 13.3. The van der Waals surface area contributed by atoms with E-state index in [2.05, 4.69) is 18.8 Å². The van der Waals surface area contributed by atoms with Gasteiger partial charge in [-0.25, -0.2) is 4.98 Å². The van der Waals surface area contributed by atoms with Crippen LogP contribution in [0.15, 0.2) is 58.5 Å². The number of para-hydroxylation sites is 2. The van der Waals surface area contributed by atoms with Gasteiger partial charge in [-0.15, -0.1) is 0 Å². The van der Waals surface area contributed by atoms with Crippen molar-refractivity contribution in [2.75, 3.05) is 0 Å². The predicted octanol–water partition coefficient (Wildman–Crippen LogP) is 3.48. The maximum absolute atomic E-state index is 13.3. The van der Waals surface area contributed by atoms with E-state index >= 15 is 0 Å². The van der Waals surface area contributed by atoms with E-state index in [1.54, 1.807) is 23.6 Å². The van der Waals surface area contributed by atoms with Crippen molar-refractivity contribution in [2.24, 2.45) is 5.73 Å². The third-order valence-electron chi connectivity index (χ3n) is 4.23. The van der Waals surface area contributed by atoms with Crippen molar-refractivity contribution in [2.45, 2.75) is 37.1 Å². The second kappa shape index (κ2) is 7.33. The Kier molecular flexibility index (Phi) is 5.13. The standard InChI is InChI=1S/C20H21N3O2S/c1-12(2)14-8-5-7-11-17(14)23-19(25)15-9-4-6-10-16(15)22-20(23)26-13(3)18(21)24/h4-13H,1-3H3,(H2,21,24)/t13-/m1/s1. The maximum Gasteiger partial charge on any atom is 0.266 e. The number of hydrogen-bond acceptors (Lipinski definition) is 4. The molecule has 6 heteroatoms. The number of fused-ring (bicyclic) bond motifs is 1. The number of rotatable bonds is 5. The Morgan fingerprint density at radius 2 is 1.73 bits per heavy atom. The summed E-state index contributed by atoms with van der Waals surface area (Å²) in [4.78, 5) is 29.5. The Morgan fingerprint density at radius 1 is 1.08 bits per heavy atom. The summed E-state index contributed by atoms with van der Waals surface area (Å²) in [5.74, 6) is -0.211. The van der Waals surface area contributed by atoms with Crippen molar-refractivity contribution in [3.63, 3.8) is 0 Å². The van der Waals surface area contributed by atoms with Crippen molar-refractivity contribution < 1.29 is 4.79 Å². The summed E-state index contributed by atoms with van der Waals surface area (Å²) in [6.07, 6.45) is 0. The fourth-order valence-corrected chi connectivity index (χ4v) is 3.67. The number of hydrogen-bond donors (Lipinski definition) is 1. The summed E-state index contributed by atoms with van der Waals surface area (Å²) in [7, 11) is 0. The zero-order valence-corrected chi connectivity index (χ0v) is 15.8. The van der Waals surface area contributed by atoms with Gasteiger partial charge in [0.15, 0.2) is 5.16 Å². The Bertz CT molecular complexity index is 1030. The summed E-state index contributed by atoms with van der Waals surface area (Å²) in [6.45, 7) is 5.88. The van der Waals surface area contributed by atoms with Crippen LogP contribution in [0.25, 0.3) is 16.6 Å². The normalized spacial score (nSPS) is 12.5. The molecule has 1 atom stereocenters. The van der Waals surface area contributed by atoms with Gasteiger partial charge >= 0.3 is 0 Å². The first-order chi connectivity index (χ1) is 12.4. The van der Waals surface area contributed by atoms with Crippen LogP contribution in [0.2, 0.25) is 0 Å². The summed E-state index contributed by atoms with van der Waals surface area (Å²) in [6, 6.07) is 15.0. The summed E-state index contributed by atoms with van der Waals surface area (Å²) in [5.41, 5.74) is 7.71. The van der Waals surface area contributed by atoms with Crippen molar-refractivity contribution in [3.8, 4) is 5.69 Å². The molecule has 0 aliphatic rings. The van der Waals surface area contributed by atoms with Crippen molar-refractivity contribution in [1.82, 2.24) is 9.55 Å². The first-order valence-corrected chi connectivity index (χ1v) is 9.35. The molecular weight excluding hydrogens is 346 g/mol. The van der Waals surface area contributed by atoms with Crippen LogP contribution in [0.4, 0.5) is 0 Å². The third-order valence-corrected chi connectivity index (χ3v) is 5.30. The first kappa shape index (κ1) is 18.2. The fraction of sp³-hybridized carbons (Fsp3) is 0.250. The van der Waals surface area contributed by atoms with Gasteiger partial charge in [0.1, 0.15) is 0 Å². The second-order valence-electron chi connectivity index (χ2n) is 6.43. The van der Waals surface area contributed by atoms with Gasteiger partial charge in [-0.1, -0.05) is 55.9 Å². The minimum atomic E-state index is -0.500. The van der Waals surface area contributed by atoms with Gasteiger partial charge in [0.05, 0.1) is 21.8 Å². The molecule has 5 nitrogen and oxygen atoms in total. The molecule has 2 aromatic carbocycles. The zero-order chi connectivity index (χ0) is 18.8. The fourth-order valence-electron chi connectivity index (χ4n) is 2.80. The Hall–Kier alpha value is -2.60. The van der Waals surface area contributed by atoms with E-state index in [1.165, 1.54) is 11.8 Å². The summed E-state index contributed by atoms with van der Waals surface area (Å²) < 4.78 is 1.60. The van der Waals surface area contributed by atoms with Crippen molar-refractivity contribution >= 4 is 28.6 Å². The molecule has 134 valence electrons. The Balaban J connectivity index is 2.34. The van der Waals surface area contributed by atoms with Gasteiger partial charge in [-0.05, 0) is 36.6 Å². The van der Waals surface area contributed by atoms with Gasteiger partial charge < -0.3 is 5.73 Å². The molecule has 1 heterocycles. The molecule has 3 aromatic rings. The highest BCUT2D eigenvalue weighted by molar-refractivity contribution is 8.00. The topological polar surface area (TPSA) is 78.0 Å². The molecule has 0 radical (unpaired) electrons. The number of carbonyl (C=O) groups excluding carboxylic acids is 1. The van der Waals surface area contributed by atoms with Gasteiger partial charge in [-0.2, -0.15) is 0 Å². The largest absolute Gasteiger partial charge is 0.369 e. The highest BCUT2D eigenvalue weighted by Gasteiger charge is 2.20. The van der Waals surface area contributed by atoms with E-state index in [0.29, 0.717) is 16.1 Å². The van der Waals surface area contributed by atoms with Gasteiger partial charge in [0, 0.05) is 0 Å².